The van der Waals surface area contributed by atoms with Crippen molar-refractivity contribution in [3.63, 3.8) is 0 Å². The number of ether oxygens (including phenoxy) is 1. The van der Waals surface area contributed by atoms with Crippen molar-refractivity contribution in [2.75, 3.05) is 19.4 Å². The summed E-state index contributed by atoms with van der Waals surface area (Å²) in [6.45, 7) is 10.3. The minimum absolute atomic E-state index is 0.943. The van der Waals surface area contributed by atoms with Crippen LogP contribution in [-0.2, 0) is 10.7 Å². The molecule has 2 rings (SSSR count). The Balaban J connectivity index is 2.09. The van der Waals surface area contributed by atoms with Crippen molar-refractivity contribution in [1.82, 2.24) is 4.90 Å². The third-order valence-electron chi connectivity index (χ3n) is 3.30. The van der Waals surface area contributed by atoms with E-state index >= 15 is 0 Å². The van der Waals surface area contributed by atoms with E-state index < -0.39 is 16.6 Å². The Morgan fingerprint density at radius 2 is 1.79 bits per heavy atom. The Bertz CT molecular complexity index is 433. The van der Waals surface area contributed by atoms with Gasteiger partial charge in [-0.1, -0.05) is 12.1 Å². The SMILES string of the molecule is COc1cccc(CN2C[Si](C)(C)O[Si](C)(C)C2)c1. The number of hydrogen-bond donors (Lipinski definition) is 0. The lowest BCUT2D eigenvalue weighted by molar-refractivity contribution is 0.290. The molecule has 106 valence electrons. The van der Waals surface area contributed by atoms with Gasteiger partial charge in [-0.15, -0.1) is 0 Å². The van der Waals surface area contributed by atoms with Gasteiger partial charge in [0.15, 0.2) is 16.6 Å². The van der Waals surface area contributed by atoms with E-state index in [1.165, 1.54) is 5.56 Å². The van der Waals surface area contributed by atoms with E-state index in [1.807, 2.05) is 6.07 Å². The molecule has 0 aliphatic carbocycles. The molecule has 1 aromatic rings. The van der Waals surface area contributed by atoms with Gasteiger partial charge in [0.2, 0.25) is 0 Å². The molecule has 1 heterocycles. The summed E-state index contributed by atoms with van der Waals surface area (Å²) in [4.78, 5) is 2.58. The number of nitrogens with zero attached hydrogens (tertiary/aromatic N) is 1. The quantitative estimate of drug-likeness (QED) is 0.800. The lowest BCUT2D eigenvalue weighted by Crippen LogP contribution is -2.62. The maximum atomic E-state index is 6.39. The summed E-state index contributed by atoms with van der Waals surface area (Å²) in [5.74, 6) is 0.943. The maximum absolute atomic E-state index is 6.39. The van der Waals surface area contributed by atoms with Crippen LogP contribution in [-0.4, -0.2) is 41.0 Å². The molecule has 0 radical (unpaired) electrons. The van der Waals surface area contributed by atoms with Gasteiger partial charge in [-0.3, -0.25) is 4.90 Å². The van der Waals surface area contributed by atoms with Gasteiger partial charge in [-0.25, -0.2) is 0 Å². The maximum Gasteiger partial charge on any atom is 0.187 e. The van der Waals surface area contributed by atoms with E-state index in [2.05, 4.69) is 49.3 Å². The van der Waals surface area contributed by atoms with Crippen LogP contribution in [0.5, 0.6) is 5.75 Å². The molecule has 1 aliphatic rings. The van der Waals surface area contributed by atoms with E-state index in [0.717, 1.165) is 24.6 Å². The van der Waals surface area contributed by atoms with Crippen LogP contribution < -0.4 is 4.74 Å². The van der Waals surface area contributed by atoms with Crippen molar-refractivity contribution < 1.29 is 8.85 Å². The van der Waals surface area contributed by atoms with Crippen LogP contribution in [0.2, 0.25) is 26.2 Å². The van der Waals surface area contributed by atoms with Crippen molar-refractivity contribution in [1.29, 1.82) is 0 Å². The first kappa shape index (κ1) is 14.8. The van der Waals surface area contributed by atoms with Crippen LogP contribution in [0, 0.1) is 0 Å². The predicted molar refractivity (Wildman–Crippen MR) is 84.3 cm³/mol. The highest BCUT2D eigenvalue weighted by Crippen LogP contribution is 2.24. The van der Waals surface area contributed by atoms with Crippen LogP contribution in [0.15, 0.2) is 24.3 Å². The second kappa shape index (κ2) is 5.40. The molecule has 0 N–H and O–H groups in total. The third kappa shape index (κ3) is 4.17. The number of methoxy groups -OCH3 is 1. The summed E-state index contributed by atoms with van der Waals surface area (Å²) in [6.07, 6.45) is 2.25. The number of rotatable bonds is 3. The van der Waals surface area contributed by atoms with Crippen LogP contribution in [0.1, 0.15) is 5.56 Å². The zero-order valence-electron chi connectivity index (χ0n) is 12.7. The van der Waals surface area contributed by atoms with Crippen molar-refractivity contribution >= 4 is 16.6 Å². The van der Waals surface area contributed by atoms with Crippen LogP contribution in [0.4, 0.5) is 0 Å². The minimum atomic E-state index is -1.51. The van der Waals surface area contributed by atoms with E-state index in [0.29, 0.717) is 0 Å². The molecule has 1 aliphatic heterocycles. The van der Waals surface area contributed by atoms with E-state index in [9.17, 15) is 0 Å². The zero-order valence-corrected chi connectivity index (χ0v) is 14.7. The number of benzene rings is 1. The summed E-state index contributed by atoms with van der Waals surface area (Å²) >= 11 is 0. The summed E-state index contributed by atoms with van der Waals surface area (Å²) in [6, 6.07) is 8.39. The average Bonchev–Trinajstić information content (AvgIpc) is 2.24. The molecule has 3 nitrogen and oxygen atoms in total. The standard InChI is InChI=1S/C14H25NO2Si2/c1-16-14-8-6-7-13(9-14)10-15-11-18(2,3)17-19(4,5)12-15/h6-9H,10-12H2,1-5H3. The van der Waals surface area contributed by atoms with Crippen molar-refractivity contribution in [3.05, 3.63) is 29.8 Å². The Labute approximate surface area is 118 Å². The highest BCUT2D eigenvalue weighted by molar-refractivity contribution is 6.86. The van der Waals surface area contributed by atoms with Crippen molar-refractivity contribution in [2.45, 2.75) is 32.7 Å². The normalized spacial score (nSPS) is 22.2. The largest absolute Gasteiger partial charge is 0.497 e. The fraction of sp³-hybridized carbons (Fsp3) is 0.571. The first-order chi connectivity index (χ1) is 8.80. The van der Waals surface area contributed by atoms with E-state index in [1.54, 1.807) is 7.11 Å². The first-order valence-corrected chi connectivity index (χ1v) is 13.1. The molecule has 0 atom stereocenters. The van der Waals surface area contributed by atoms with Crippen LogP contribution in [0.25, 0.3) is 0 Å². The average molecular weight is 296 g/mol. The molecular formula is C14H25NO2Si2. The molecule has 1 aromatic carbocycles. The Kier molecular flexibility index (Phi) is 4.20. The van der Waals surface area contributed by atoms with Gasteiger partial charge in [-0.05, 0) is 43.9 Å². The van der Waals surface area contributed by atoms with Crippen molar-refractivity contribution in [3.8, 4) is 5.75 Å². The summed E-state index contributed by atoms with van der Waals surface area (Å²) in [7, 11) is -1.29. The zero-order chi connectivity index (χ0) is 14.1. The molecule has 5 heteroatoms. The van der Waals surface area contributed by atoms with Gasteiger partial charge in [0.25, 0.3) is 0 Å². The second-order valence-electron chi connectivity index (χ2n) is 6.62. The second-order valence-corrected chi connectivity index (χ2v) is 15.1. The Morgan fingerprint density at radius 3 is 2.37 bits per heavy atom. The third-order valence-corrected chi connectivity index (χ3v) is 10.1. The molecule has 1 fully saturated rings. The number of hydrogen-bond acceptors (Lipinski definition) is 3. The molecular weight excluding hydrogens is 270 g/mol. The first-order valence-electron chi connectivity index (χ1n) is 6.85. The molecule has 19 heavy (non-hydrogen) atoms. The molecule has 0 amide bonds. The molecule has 0 unspecified atom stereocenters. The fourth-order valence-corrected chi connectivity index (χ4v) is 12.4. The molecule has 0 spiro atoms. The monoisotopic (exact) mass is 295 g/mol. The highest BCUT2D eigenvalue weighted by atomic mass is 28.4. The van der Waals surface area contributed by atoms with Gasteiger partial charge in [0.05, 0.1) is 7.11 Å². The van der Waals surface area contributed by atoms with Crippen LogP contribution in [0.3, 0.4) is 0 Å². The Morgan fingerprint density at radius 1 is 1.16 bits per heavy atom. The Hall–Kier alpha value is -0.626. The van der Waals surface area contributed by atoms with Gasteiger partial charge >= 0.3 is 0 Å². The lowest BCUT2D eigenvalue weighted by atomic mass is 10.2. The molecule has 0 aromatic heterocycles. The lowest BCUT2D eigenvalue weighted by Gasteiger charge is -2.45. The van der Waals surface area contributed by atoms with Crippen LogP contribution >= 0.6 is 0 Å². The summed E-state index contributed by atoms with van der Waals surface area (Å²) in [5, 5.41) is 0. The van der Waals surface area contributed by atoms with E-state index in [4.69, 9.17) is 8.85 Å². The van der Waals surface area contributed by atoms with Gasteiger partial charge in [-0.2, -0.15) is 0 Å². The molecule has 0 bridgehead atoms. The summed E-state index contributed by atoms with van der Waals surface area (Å²) < 4.78 is 11.7. The predicted octanol–water partition coefficient (Wildman–Crippen LogP) is 3.02. The van der Waals surface area contributed by atoms with Gasteiger partial charge < -0.3 is 8.85 Å². The highest BCUT2D eigenvalue weighted by Gasteiger charge is 2.41. The van der Waals surface area contributed by atoms with Gasteiger partial charge in [0, 0.05) is 18.9 Å². The minimum Gasteiger partial charge on any atom is -0.497 e. The molecule has 1 saturated heterocycles. The topological polar surface area (TPSA) is 21.7 Å². The fourth-order valence-electron chi connectivity index (χ4n) is 3.09. The molecule has 0 saturated carbocycles. The smallest absolute Gasteiger partial charge is 0.187 e. The summed E-state index contributed by atoms with van der Waals surface area (Å²) in [5.41, 5.74) is 1.33. The van der Waals surface area contributed by atoms with Crippen molar-refractivity contribution in [2.24, 2.45) is 0 Å². The van der Waals surface area contributed by atoms with E-state index in [-0.39, 0.29) is 0 Å². The van der Waals surface area contributed by atoms with Gasteiger partial charge in [0.1, 0.15) is 5.75 Å².